The summed E-state index contributed by atoms with van der Waals surface area (Å²) in [6.07, 6.45) is 2.11. The fourth-order valence-electron chi connectivity index (χ4n) is 2.27. The third-order valence-corrected chi connectivity index (χ3v) is 3.21. The summed E-state index contributed by atoms with van der Waals surface area (Å²) in [6.45, 7) is 6.22. The van der Waals surface area contributed by atoms with Crippen LogP contribution in [0.1, 0.15) is 34.6 Å². The first-order valence-electron chi connectivity index (χ1n) is 6.46. The van der Waals surface area contributed by atoms with Gasteiger partial charge in [0.2, 0.25) is 0 Å². The van der Waals surface area contributed by atoms with E-state index in [1.165, 1.54) is 0 Å². The Morgan fingerprint density at radius 1 is 1.44 bits per heavy atom. The summed E-state index contributed by atoms with van der Waals surface area (Å²) in [5.41, 5.74) is 2.45. The van der Waals surface area contributed by atoms with Crippen LogP contribution in [0.4, 0.5) is 0 Å². The standard InChI is InChI=1S/C14H20N2O2/c1-10-7-13(8-11(2)16-10)14(17)15-5-3-12-4-6-18-9-12/h7-8,12H,3-6,9H2,1-2H3,(H,15,17). The fraction of sp³-hybridized carbons (Fsp3) is 0.571. The predicted molar refractivity (Wildman–Crippen MR) is 69.6 cm³/mol. The molecule has 0 radical (unpaired) electrons. The molecule has 1 N–H and O–H groups in total. The van der Waals surface area contributed by atoms with Crippen LogP contribution < -0.4 is 5.32 Å². The zero-order valence-electron chi connectivity index (χ0n) is 11.0. The van der Waals surface area contributed by atoms with Crippen LogP contribution in [-0.2, 0) is 4.74 Å². The van der Waals surface area contributed by atoms with Gasteiger partial charge in [0.25, 0.3) is 5.91 Å². The predicted octanol–water partition coefficient (Wildman–Crippen LogP) is 1.85. The number of rotatable bonds is 4. The Morgan fingerprint density at radius 2 is 2.17 bits per heavy atom. The second-order valence-electron chi connectivity index (χ2n) is 4.91. The number of hydrogen-bond donors (Lipinski definition) is 1. The molecule has 1 unspecified atom stereocenters. The van der Waals surface area contributed by atoms with Gasteiger partial charge in [0.15, 0.2) is 0 Å². The highest BCUT2D eigenvalue weighted by molar-refractivity contribution is 5.94. The minimum Gasteiger partial charge on any atom is -0.381 e. The van der Waals surface area contributed by atoms with E-state index < -0.39 is 0 Å². The van der Waals surface area contributed by atoms with Crippen molar-refractivity contribution in [3.8, 4) is 0 Å². The molecular formula is C14H20N2O2. The third kappa shape index (κ3) is 3.53. The first kappa shape index (κ1) is 13.0. The normalized spacial score (nSPS) is 18.9. The highest BCUT2D eigenvalue weighted by Gasteiger charge is 2.15. The van der Waals surface area contributed by atoms with Crippen molar-refractivity contribution in [2.24, 2.45) is 5.92 Å². The van der Waals surface area contributed by atoms with Gasteiger partial charge in [0.05, 0.1) is 0 Å². The summed E-state index contributed by atoms with van der Waals surface area (Å²) in [5.74, 6) is 0.591. The highest BCUT2D eigenvalue weighted by Crippen LogP contribution is 2.15. The largest absolute Gasteiger partial charge is 0.381 e. The number of nitrogens with zero attached hydrogens (tertiary/aromatic N) is 1. The molecule has 0 spiro atoms. The first-order valence-corrected chi connectivity index (χ1v) is 6.46. The Hall–Kier alpha value is -1.42. The van der Waals surface area contributed by atoms with Crippen molar-refractivity contribution < 1.29 is 9.53 Å². The van der Waals surface area contributed by atoms with Gasteiger partial charge in [-0.3, -0.25) is 9.78 Å². The van der Waals surface area contributed by atoms with Gasteiger partial charge in [0, 0.05) is 36.7 Å². The number of ether oxygens (including phenoxy) is 1. The Kier molecular flexibility index (Phi) is 4.31. The van der Waals surface area contributed by atoms with Gasteiger partial charge >= 0.3 is 0 Å². The number of aryl methyl sites for hydroxylation is 2. The van der Waals surface area contributed by atoms with Crippen molar-refractivity contribution in [1.29, 1.82) is 0 Å². The van der Waals surface area contributed by atoms with Crippen molar-refractivity contribution in [3.05, 3.63) is 29.1 Å². The first-order chi connectivity index (χ1) is 8.65. The van der Waals surface area contributed by atoms with Crippen molar-refractivity contribution in [2.75, 3.05) is 19.8 Å². The average Bonchev–Trinajstić information content (AvgIpc) is 2.80. The van der Waals surface area contributed by atoms with E-state index in [1.807, 2.05) is 26.0 Å². The molecule has 4 nitrogen and oxygen atoms in total. The Balaban J connectivity index is 1.83. The van der Waals surface area contributed by atoms with Gasteiger partial charge in [-0.25, -0.2) is 0 Å². The molecule has 1 saturated heterocycles. The van der Waals surface area contributed by atoms with Crippen molar-refractivity contribution in [3.63, 3.8) is 0 Å². The zero-order valence-corrected chi connectivity index (χ0v) is 11.0. The topological polar surface area (TPSA) is 51.2 Å². The number of carbonyl (C=O) groups is 1. The van der Waals surface area contributed by atoms with Crippen molar-refractivity contribution >= 4 is 5.91 Å². The molecule has 0 aromatic carbocycles. The summed E-state index contributed by atoms with van der Waals surface area (Å²) in [7, 11) is 0. The van der Waals surface area contributed by atoms with E-state index in [-0.39, 0.29) is 5.91 Å². The quantitative estimate of drug-likeness (QED) is 0.884. The van der Waals surface area contributed by atoms with Gasteiger partial charge in [-0.05, 0) is 44.7 Å². The van der Waals surface area contributed by atoms with Crippen LogP contribution in [0.3, 0.4) is 0 Å². The maximum atomic E-state index is 12.0. The molecule has 0 saturated carbocycles. The molecular weight excluding hydrogens is 228 g/mol. The summed E-state index contributed by atoms with van der Waals surface area (Å²) in [6, 6.07) is 3.64. The molecule has 1 aromatic heterocycles. The van der Waals surface area contributed by atoms with Gasteiger partial charge in [-0.2, -0.15) is 0 Å². The molecule has 18 heavy (non-hydrogen) atoms. The van der Waals surface area contributed by atoms with Crippen molar-refractivity contribution in [1.82, 2.24) is 10.3 Å². The van der Waals surface area contributed by atoms with E-state index in [2.05, 4.69) is 10.3 Å². The smallest absolute Gasteiger partial charge is 0.251 e. The number of hydrogen-bond acceptors (Lipinski definition) is 3. The lowest BCUT2D eigenvalue weighted by molar-refractivity contribution is 0.0950. The van der Waals surface area contributed by atoms with Crippen LogP contribution in [0.25, 0.3) is 0 Å². The molecule has 98 valence electrons. The maximum absolute atomic E-state index is 12.0. The van der Waals surface area contributed by atoms with E-state index in [9.17, 15) is 4.79 Å². The Labute approximate surface area is 108 Å². The van der Waals surface area contributed by atoms with Crippen LogP contribution >= 0.6 is 0 Å². The molecule has 0 bridgehead atoms. The average molecular weight is 248 g/mol. The molecule has 1 amide bonds. The van der Waals surface area contributed by atoms with Crippen LogP contribution in [0.15, 0.2) is 12.1 Å². The van der Waals surface area contributed by atoms with E-state index in [4.69, 9.17) is 4.74 Å². The van der Waals surface area contributed by atoms with E-state index in [1.54, 1.807) is 0 Å². The number of amides is 1. The zero-order chi connectivity index (χ0) is 13.0. The lowest BCUT2D eigenvalue weighted by Crippen LogP contribution is -2.26. The summed E-state index contributed by atoms with van der Waals surface area (Å²) in [4.78, 5) is 16.2. The molecule has 1 atom stereocenters. The highest BCUT2D eigenvalue weighted by atomic mass is 16.5. The third-order valence-electron chi connectivity index (χ3n) is 3.21. The summed E-state index contributed by atoms with van der Waals surface area (Å²) < 4.78 is 5.31. The lowest BCUT2D eigenvalue weighted by atomic mass is 10.1. The molecule has 1 aromatic rings. The monoisotopic (exact) mass is 248 g/mol. The SMILES string of the molecule is Cc1cc(C(=O)NCCC2CCOC2)cc(C)n1. The summed E-state index contributed by atoms with van der Waals surface area (Å²) >= 11 is 0. The van der Waals surface area contributed by atoms with E-state index in [0.717, 1.165) is 37.4 Å². The van der Waals surface area contributed by atoms with E-state index in [0.29, 0.717) is 18.0 Å². The second-order valence-corrected chi connectivity index (χ2v) is 4.91. The number of nitrogens with one attached hydrogen (secondary N) is 1. The van der Waals surface area contributed by atoms with Crippen LogP contribution in [0.2, 0.25) is 0 Å². The van der Waals surface area contributed by atoms with E-state index >= 15 is 0 Å². The molecule has 0 aliphatic carbocycles. The molecule has 1 aliphatic rings. The molecule has 2 heterocycles. The minimum atomic E-state index is -0.0116. The minimum absolute atomic E-state index is 0.0116. The second kappa shape index (κ2) is 5.96. The number of aromatic nitrogens is 1. The van der Waals surface area contributed by atoms with Gasteiger partial charge < -0.3 is 10.1 Å². The fourth-order valence-corrected chi connectivity index (χ4v) is 2.27. The molecule has 2 rings (SSSR count). The Morgan fingerprint density at radius 3 is 2.78 bits per heavy atom. The molecule has 1 aliphatic heterocycles. The van der Waals surface area contributed by atoms with Gasteiger partial charge in [-0.1, -0.05) is 0 Å². The molecule has 4 heteroatoms. The van der Waals surface area contributed by atoms with Crippen LogP contribution in [0.5, 0.6) is 0 Å². The summed E-state index contributed by atoms with van der Waals surface area (Å²) in [5, 5.41) is 2.96. The van der Waals surface area contributed by atoms with Crippen LogP contribution in [0, 0.1) is 19.8 Å². The maximum Gasteiger partial charge on any atom is 0.251 e. The Bertz CT molecular complexity index is 406. The lowest BCUT2D eigenvalue weighted by Gasteiger charge is -2.09. The van der Waals surface area contributed by atoms with Crippen LogP contribution in [-0.4, -0.2) is 30.6 Å². The molecule has 1 fully saturated rings. The van der Waals surface area contributed by atoms with Gasteiger partial charge in [-0.15, -0.1) is 0 Å². The van der Waals surface area contributed by atoms with Crippen molar-refractivity contribution in [2.45, 2.75) is 26.7 Å². The van der Waals surface area contributed by atoms with Gasteiger partial charge in [0.1, 0.15) is 0 Å². The number of carbonyl (C=O) groups excluding carboxylic acids is 1. The number of pyridine rings is 1.